The van der Waals surface area contributed by atoms with Crippen molar-refractivity contribution in [2.24, 2.45) is 5.92 Å². The van der Waals surface area contributed by atoms with Crippen LogP contribution in [0.2, 0.25) is 0 Å². The number of benzene rings is 1. The molecular formula is C16H23NO3. The number of phenolic OH excluding ortho intramolecular Hbond substituents is 1. The van der Waals surface area contributed by atoms with Crippen LogP contribution in [0.1, 0.15) is 35.7 Å². The Kier molecular flexibility index (Phi) is 5.15. The van der Waals surface area contributed by atoms with Crippen LogP contribution in [0, 0.1) is 5.92 Å². The van der Waals surface area contributed by atoms with Gasteiger partial charge in [0.15, 0.2) is 5.78 Å². The number of aromatic hydroxyl groups is 1. The molecule has 0 saturated carbocycles. The van der Waals surface area contributed by atoms with Crippen molar-refractivity contribution in [2.45, 2.75) is 26.3 Å². The molecule has 1 N–H and O–H groups in total. The number of carbonyl (C=O) groups is 1. The Hall–Kier alpha value is -1.39. The summed E-state index contributed by atoms with van der Waals surface area (Å²) in [7, 11) is 1.75. The van der Waals surface area contributed by atoms with E-state index in [1.165, 1.54) is 0 Å². The van der Waals surface area contributed by atoms with Crippen molar-refractivity contribution < 1.29 is 14.6 Å². The van der Waals surface area contributed by atoms with Gasteiger partial charge in [-0.3, -0.25) is 9.69 Å². The van der Waals surface area contributed by atoms with Crippen molar-refractivity contribution in [3.05, 3.63) is 29.3 Å². The largest absolute Gasteiger partial charge is 0.508 e. The Morgan fingerprint density at radius 2 is 2.10 bits per heavy atom. The van der Waals surface area contributed by atoms with Crippen molar-refractivity contribution in [2.75, 3.05) is 26.8 Å². The molecule has 1 aromatic rings. The molecule has 0 bridgehead atoms. The van der Waals surface area contributed by atoms with Gasteiger partial charge in [0.05, 0.1) is 0 Å². The molecule has 20 heavy (non-hydrogen) atoms. The van der Waals surface area contributed by atoms with E-state index in [0.717, 1.165) is 38.1 Å². The summed E-state index contributed by atoms with van der Waals surface area (Å²) in [5.74, 6) is 0.951. The van der Waals surface area contributed by atoms with Gasteiger partial charge in [0.25, 0.3) is 0 Å². The molecule has 0 amide bonds. The molecule has 1 saturated heterocycles. The number of nitrogens with zero attached hydrogens (tertiary/aromatic N) is 1. The van der Waals surface area contributed by atoms with Crippen LogP contribution < -0.4 is 0 Å². The van der Waals surface area contributed by atoms with Gasteiger partial charge >= 0.3 is 0 Å². The van der Waals surface area contributed by atoms with E-state index in [1.54, 1.807) is 32.2 Å². The molecule has 4 heteroatoms. The first-order valence-corrected chi connectivity index (χ1v) is 7.14. The zero-order chi connectivity index (χ0) is 14.5. The highest BCUT2D eigenvalue weighted by atomic mass is 16.5. The first-order chi connectivity index (χ1) is 9.60. The SMILES string of the molecule is COCC1CCN(Cc2cc(C(C)=O)ccc2O)CC1. The Morgan fingerprint density at radius 3 is 2.70 bits per heavy atom. The normalized spacial score (nSPS) is 17.3. The van der Waals surface area contributed by atoms with E-state index in [-0.39, 0.29) is 11.5 Å². The molecule has 1 aliphatic rings. The Balaban J connectivity index is 1.97. The van der Waals surface area contributed by atoms with E-state index in [9.17, 15) is 9.90 Å². The van der Waals surface area contributed by atoms with Crippen molar-refractivity contribution in [3.8, 4) is 5.75 Å². The maximum absolute atomic E-state index is 11.4. The third kappa shape index (κ3) is 3.81. The number of ketones is 1. The number of ether oxygens (including phenoxy) is 1. The van der Waals surface area contributed by atoms with Crippen LogP contribution in [0.4, 0.5) is 0 Å². The molecule has 2 rings (SSSR count). The summed E-state index contributed by atoms with van der Waals surface area (Å²) in [4.78, 5) is 13.7. The van der Waals surface area contributed by atoms with Crippen molar-refractivity contribution in [3.63, 3.8) is 0 Å². The monoisotopic (exact) mass is 277 g/mol. The summed E-state index contributed by atoms with van der Waals surface area (Å²) in [6, 6.07) is 5.09. The number of methoxy groups -OCH3 is 1. The first kappa shape index (κ1) is 15.0. The lowest BCUT2D eigenvalue weighted by Gasteiger charge is -2.31. The minimum Gasteiger partial charge on any atom is -0.508 e. The summed E-state index contributed by atoms with van der Waals surface area (Å²) >= 11 is 0. The molecule has 1 aliphatic heterocycles. The molecule has 1 fully saturated rings. The highest BCUT2D eigenvalue weighted by Gasteiger charge is 2.20. The summed E-state index contributed by atoms with van der Waals surface area (Å²) in [5, 5.41) is 9.93. The number of rotatable bonds is 5. The molecule has 0 unspecified atom stereocenters. The van der Waals surface area contributed by atoms with Crippen LogP contribution >= 0.6 is 0 Å². The van der Waals surface area contributed by atoms with Gasteiger partial charge in [-0.25, -0.2) is 0 Å². The number of carbonyl (C=O) groups excluding carboxylic acids is 1. The average Bonchev–Trinajstić information content (AvgIpc) is 2.43. The predicted molar refractivity (Wildman–Crippen MR) is 78.0 cm³/mol. The van der Waals surface area contributed by atoms with Gasteiger partial charge in [-0.05, 0) is 57.0 Å². The number of likely N-dealkylation sites (tertiary alicyclic amines) is 1. The first-order valence-electron chi connectivity index (χ1n) is 7.14. The predicted octanol–water partition coefficient (Wildman–Crippen LogP) is 2.45. The molecule has 1 aromatic carbocycles. The number of hydrogen-bond donors (Lipinski definition) is 1. The van der Waals surface area contributed by atoms with E-state index >= 15 is 0 Å². The van der Waals surface area contributed by atoms with Crippen LogP contribution in [0.5, 0.6) is 5.75 Å². The van der Waals surface area contributed by atoms with Crippen LogP contribution in [0.3, 0.4) is 0 Å². The maximum atomic E-state index is 11.4. The molecular weight excluding hydrogens is 254 g/mol. The number of piperidine rings is 1. The molecule has 0 atom stereocenters. The zero-order valence-corrected chi connectivity index (χ0v) is 12.3. The van der Waals surface area contributed by atoms with E-state index in [2.05, 4.69) is 4.90 Å². The second kappa shape index (κ2) is 6.86. The van der Waals surface area contributed by atoms with Gasteiger partial charge < -0.3 is 9.84 Å². The van der Waals surface area contributed by atoms with Crippen LogP contribution in [0.25, 0.3) is 0 Å². The quantitative estimate of drug-likeness (QED) is 0.840. The lowest BCUT2D eigenvalue weighted by Crippen LogP contribution is -2.34. The Labute approximate surface area is 120 Å². The van der Waals surface area contributed by atoms with Crippen LogP contribution in [0.15, 0.2) is 18.2 Å². The summed E-state index contributed by atoms with van der Waals surface area (Å²) in [6.07, 6.45) is 2.25. The second-order valence-electron chi connectivity index (χ2n) is 5.57. The van der Waals surface area contributed by atoms with Crippen LogP contribution in [-0.2, 0) is 11.3 Å². The van der Waals surface area contributed by atoms with E-state index < -0.39 is 0 Å². The summed E-state index contributed by atoms with van der Waals surface area (Å²) in [6.45, 7) is 5.10. The third-order valence-corrected chi connectivity index (χ3v) is 3.99. The average molecular weight is 277 g/mol. The van der Waals surface area contributed by atoms with Gasteiger partial charge in [-0.1, -0.05) is 0 Å². The molecule has 4 nitrogen and oxygen atoms in total. The minimum atomic E-state index is 0.0325. The fourth-order valence-electron chi connectivity index (χ4n) is 2.72. The van der Waals surface area contributed by atoms with Crippen molar-refractivity contribution >= 4 is 5.78 Å². The summed E-state index contributed by atoms with van der Waals surface area (Å²) in [5.41, 5.74) is 1.50. The fraction of sp³-hybridized carbons (Fsp3) is 0.562. The van der Waals surface area contributed by atoms with Crippen LogP contribution in [-0.4, -0.2) is 42.6 Å². The van der Waals surface area contributed by atoms with Gasteiger partial charge in [0.2, 0.25) is 0 Å². The number of phenols is 1. The summed E-state index contributed by atoms with van der Waals surface area (Å²) < 4.78 is 5.20. The lowest BCUT2D eigenvalue weighted by molar-refractivity contribution is 0.0963. The molecule has 0 aliphatic carbocycles. The van der Waals surface area contributed by atoms with Crippen molar-refractivity contribution in [1.29, 1.82) is 0 Å². The molecule has 1 heterocycles. The molecule has 0 spiro atoms. The Bertz CT molecular complexity index is 465. The molecule has 0 aromatic heterocycles. The lowest BCUT2D eigenvalue weighted by atomic mass is 9.97. The third-order valence-electron chi connectivity index (χ3n) is 3.99. The minimum absolute atomic E-state index is 0.0325. The second-order valence-corrected chi connectivity index (χ2v) is 5.57. The van der Waals surface area contributed by atoms with Gasteiger partial charge in [0, 0.05) is 31.4 Å². The number of Topliss-reactive ketones (excluding diaryl/α,β-unsaturated/α-hetero) is 1. The van der Waals surface area contributed by atoms with Gasteiger partial charge in [-0.2, -0.15) is 0 Å². The Morgan fingerprint density at radius 1 is 1.40 bits per heavy atom. The van der Waals surface area contributed by atoms with Gasteiger partial charge in [-0.15, -0.1) is 0 Å². The van der Waals surface area contributed by atoms with E-state index in [0.29, 0.717) is 18.0 Å². The zero-order valence-electron chi connectivity index (χ0n) is 12.3. The highest BCUT2D eigenvalue weighted by molar-refractivity contribution is 5.94. The van der Waals surface area contributed by atoms with E-state index in [4.69, 9.17) is 4.74 Å². The number of hydrogen-bond acceptors (Lipinski definition) is 4. The maximum Gasteiger partial charge on any atom is 0.159 e. The van der Waals surface area contributed by atoms with Crippen molar-refractivity contribution in [1.82, 2.24) is 4.90 Å². The highest BCUT2D eigenvalue weighted by Crippen LogP contribution is 2.24. The smallest absolute Gasteiger partial charge is 0.159 e. The molecule has 0 radical (unpaired) electrons. The van der Waals surface area contributed by atoms with E-state index in [1.807, 2.05) is 0 Å². The standard InChI is InChI=1S/C16H23NO3/c1-12(18)14-3-4-16(19)15(9-14)10-17-7-5-13(6-8-17)11-20-2/h3-4,9,13,19H,5-8,10-11H2,1-2H3. The topological polar surface area (TPSA) is 49.8 Å². The fourth-order valence-corrected chi connectivity index (χ4v) is 2.72. The van der Waals surface area contributed by atoms with Gasteiger partial charge in [0.1, 0.15) is 5.75 Å². The molecule has 110 valence electrons.